The van der Waals surface area contributed by atoms with Gasteiger partial charge in [-0.15, -0.1) is 0 Å². The van der Waals surface area contributed by atoms with Crippen molar-refractivity contribution in [2.45, 2.75) is 40.0 Å². The number of aromatic nitrogens is 2. The van der Waals surface area contributed by atoms with Crippen molar-refractivity contribution in [3.05, 3.63) is 168 Å². The van der Waals surface area contributed by atoms with Gasteiger partial charge in [0.05, 0.1) is 11.0 Å². The number of allylic oxidation sites excluding steroid dienone is 8. The smallest absolute Gasteiger partial charge is 0.137 e. The maximum atomic E-state index is 4.88. The standard InChI is InChI=1S/C46H41N3/c1-31-13-11-19-40-45(31)38-18-12-16-36(30-41(38)46(40,2)3)48(44-21-9-10-28-47-44)35-25-22-32(23-26-35)33-24-27-43-39(29-33)37-17-7-8-20-42(37)49(43)34-14-5-4-6-15-34/h4-11,14-29,31,41H,12-13,30H2,1-3H3. The molecule has 2 aromatic heterocycles. The Labute approximate surface area is 289 Å². The van der Waals surface area contributed by atoms with E-state index < -0.39 is 0 Å². The first-order chi connectivity index (χ1) is 24.0. The molecule has 6 aromatic rings. The van der Waals surface area contributed by atoms with Gasteiger partial charge in [0.2, 0.25) is 0 Å². The number of para-hydroxylation sites is 2. The molecule has 2 atom stereocenters. The summed E-state index contributed by atoms with van der Waals surface area (Å²) in [5.74, 6) is 1.97. The van der Waals surface area contributed by atoms with Crippen LogP contribution in [0.1, 0.15) is 40.0 Å². The monoisotopic (exact) mass is 635 g/mol. The van der Waals surface area contributed by atoms with Crippen LogP contribution >= 0.6 is 0 Å². The molecule has 0 amide bonds. The maximum absolute atomic E-state index is 4.88. The van der Waals surface area contributed by atoms with E-state index in [9.17, 15) is 0 Å². The highest BCUT2D eigenvalue weighted by atomic mass is 15.2. The van der Waals surface area contributed by atoms with Gasteiger partial charge in [-0.3, -0.25) is 4.90 Å². The fourth-order valence-electron chi connectivity index (χ4n) is 8.79. The van der Waals surface area contributed by atoms with E-state index in [1.54, 1.807) is 16.7 Å². The number of pyridine rings is 1. The third-order valence-electron chi connectivity index (χ3n) is 11.2. The summed E-state index contributed by atoms with van der Waals surface area (Å²) in [5.41, 5.74) is 13.3. The average molecular weight is 636 g/mol. The van der Waals surface area contributed by atoms with Gasteiger partial charge in [-0.05, 0) is 119 Å². The Kier molecular flexibility index (Phi) is 7.05. The van der Waals surface area contributed by atoms with E-state index in [4.69, 9.17) is 4.98 Å². The number of hydrogen-bond acceptors (Lipinski definition) is 2. The minimum atomic E-state index is 0.0810. The van der Waals surface area contributed by atoms with Crippen LogP contribution in [0, 0.1) is 17.3 Å². The molecule has 240 valence electrons. The first-order valence-electron chi connectivity index (χ1n) is 17.7. The fraction of sp³-hybridized carbons (Fsp3) is 0.196. The molecule has 0 radical (unpaired) electrons. The minimum Gasteiger partial charge on any atom is -0.309 e. The molecule has 3 nitrogen and oxygen atoms in total. The van der Waals surface area contributed by atoms with Gasteiger partial charge in [0, 0.05) is 34.0 Å². The lowest BCUT2D eigenvalue weighted by Gasteiger charge is -2.34. The molecule has 3 heteroatoms. The molecule has 2 heterocycles. The molecule has 4 aromatic carbocycles. The lowest BCUT2D eigenvalue weighted by Crippen LogP contribution is -2.26. The Morgan fingerprint density at radius 1 is 0.755 bits per heavy atom. The van der Waals surface area contributed by atoms with Gasteiger partial charge < -0.3 is 4.57 Å². The van der Waals surface area contributed by atoms with Crippen molar-refractivity contribution in [2.24, 2.45) is 17.3 Å². The molecule has 3 aliphatic carbocycles. The summed E-state index contributed by atoms with van der Waals surface area (Å²) in [6.07, 6.45) is 14.7. The number of nitrogens with zero attached hydrogens (tertiary/aromatic N) is 3. The van der Waals surface area contributed by atoms with E-state index >= 15 is 0 Å². The molecule has 0 fully saturated rings. The topological polar surface area (TPSA) is 21.1 Å². The molecule has 3 aliphatic rings. The van der Waals surface area contributed by atoms with Gasteiger partial charge in [0.1, 0.15) is 5.82 Å². The van der Waals surface area contributed by atoms with Crippen molar-refractivity contribution >= 4 is 33.3 Å². The second kappa shape index (κ2) is 11.6. The van der Waals surface area contributed by atoms with E-state index in [1.165, 1.54) is 44.3 Å². The summed E-state index contributed by atoms with van der Waals surface area (Å²) in [6, 6.07) is 41.6. The normalized spacial score (nSPS) is 19.7. The first kappa shape index (κ1) is 29.7. The molecule has 0 aliphatic heterocycles. The summed E-state index contributed by atoms with van der Waals surface area (Å²) < 4.78 is 2.37. The quantitative estimate of drug-likeness (QED) is 0.188. The Bertz CT molecular complexity index is 2330. The number of anilines is 2. The van der Waals surface area contributed by atoms with E-state index in [-0.39, 0.29) is 5.41 Å². The number of benzene rings is 4. The number of hydrogen-bond donors (Lipinski definition) is 0. The zero-order chi connectivity index (χ0) is 33.1. The van der Waals surface area contributed by atoms with Gasteiger partial charge in [-0.25, -0.2) is 4.98 Å². The summed E-state index contributed by atoms with van der Waals surface area (Å²) >= 11 is 0. The third-order valence-corrected chi connectivity index (χ3v) is 11.2. The van der Waals surface area contributed by atoms with Crippen molar-refractivity contribution in [1.82, 2.24) is 9.55 Å². The molecule has 0 N–H and O–H groups in total. The Hall–Kier alpha value is -5.41. The number of fused-ring (bicyclic) bond motifs is 5. The second-order valence-corrected chi connectivity index (χ2v) is 14.4. The minimum absolute atomic E-state index is 0.0810. The largest absolute Gasteiger partial charge is 0.309 e. The number of rotatable bonds is 5. The summed E-state index contributed by atoms with van der Waals surface area (Å²) in [7, 11) is 0. The molecular formula is C46H41N3. The van der Waals surface area contributed by atoms with Crippen molar-refractivity contribution in [1.29, 1.82) is 0 Å². The van der Waals surface area contributed by atoms with Gasteiger partial charge in [-0.2, -0.15) is 0 Å². The zero-order valence-electron chi connectivity index (χ0n) is 28.5. The van der Waals surface area contributed by atoms with Crippen molar-refractivity contribution in [3.63, 3.8) is 0 Å². The first-order valence-corrected chi connectivity index (χ1v) is 17.7. The van der Waals surface area contributed by atoms with Gasteiger partial charge in [0.25, 0.3) is 0 Å². The highest BCUT2D eigenvalue weighted by Crippen LogP contribution is 2.58. The van der Waals surface area contributed by atoms with Crippen LogP contribution in [0.5, 0.6) is 0 Å². The Morgan fingerprint density at radius 3 is 2.33 bits per heavy atom. The maximum Gasteiger partial charge on any atom is 0.137 e. The van der Waals surface area contributed by atoms with Crippen molar-refractivity contribution in [3.8, 4) is 16.8 Å². The van der Waals surface area contributed by atoms with E-state index in [2.05, 4.69) is 164 Å². The van der Waals surface area contributed by atoms with Crippen molar-refractivity contribution in [2.75, 3.05) is 4.90 Å². The zero-order valence-corrected chi connectivity index (χ0v) is 28.5. The third kappa shape index (κ3) is 4.83. The molecule has 9 rings (SSSR count). The van der Waals surface area contributed by atoms with Crippen LogP contribution in [0.3, 0.4) is 0 Å². The Morgan fingerprint density at radius 2 is 1.51 bits per heavy atom. The average Bonchev–Trinajstić information content (AvgIpc) is 3.45. The van der Waals surface area contributed by atoms with E-state index in [0.717, 1.165) is 30.8 Å². The lowest BCUT2D eigenvalue weighted by atomic mass is 9.74. The summed E-state index contributed by atoms with van der Waals surface area (Å²) in [6.45, 7) is 7.30. The molecule has 0 saturated heterocycles. The van der Waals surface area contributed by atoms with Gasteiger partial charge in [-0.1, -0.05) is 106 Å². The van der Waals surface area contributed by atoms with E-state index in [0.29, 0.717) is 11.8 Å². The van der Waals surface area contributed by atoms with E-state index in [1.807, 2.05) is 12.3 Å². The SMILES string of the molecule is CC1CC=CC2=C1C1=CCC=C(N(c3ccc(-c4ccc5c(c4)c4ccccc4n5-c4ccccc4)cc3)c3ccccn3)CC1C2(C)C. The van der Waals surface area contributed by atoms with Gasteiger partial charge >= 0.3 is 0 Å². The highest BCUT2D eigenvalue weighted by Gasteiger charge is 2.46. The molecule has 49 heavy (non-hydrogen) atoms. The molecule has 2 unspecified atom stereocenters. The molecular weight excluding hydrogens is 595 g/mol. The van der Waals surface area contributed by atoms with Crippen molar-refractivity contribution < 1.29 is 0 Å². The summed E-state index contributed by atoms with van der Waals surface area (Å²) in [4.78, 5) is 7.28. The van der Waals surface area contributed by atoms with Crippen LogP contribution in [0.4, 0.5) is 11.5 Å². The lowest BCUT2D eigenvalue weighted by molar-refractivity contribution is 0.333. The predicted octanol–water partition coefficient (Wildman–Crippen LogP) is 12.1. The van der Waals surface area contributed by atoms with Crippen LogP contribution in [-0.4, -0.2) is 9.55 Å². The van der Waals surface area contributed by atoms with Gasteiger partial charge in [0.15, 0.2) is 0 Å². The highest BCUT2D eigenvalue weighted by molar-refractivity contribution is 6.10. The van der Waals surface area contributed by atoms with Crippen LogP contribution in [0.15, 0.2) is 168 Å². The molecule has 0 bridgehead atoms. The van der Waals surface area contributed by atoms with Crippen LogP contribution in [0.2, 0.25) is 0 Å². The predicted molar refractivity (Wildman–Crippen MR) is 205 cm³/mol. The van der Waals surface area contributed by atoms with Crippen LogP contribution in [-0.2, 0) is 0 Å². The van der Waals surface area contributed by atoms with Crippen LogP contribution < -0.4 is 4.90 Å². The Balaban J connectivity index is 1.08. The molecule has 0 saturated carbocycles. The summed E-state index contributed by atoms with van der Waals surface area (Å²) in [5, 5.41) is 2.54. The fourth-order valence-corrected chi connectivity index (χ4v) is 8.79. The molecule has 0 spiro atoms. The second-order valence-electron chi connectivity index (χ2n) is 14.4. The van der Waals surface area contributed by atoms with Crippen LogP contribution in [0.25, 0.3) is 38.6 Å².